The minimum Gasteiger partial charge on any atom is -0.325 e. The van der Waals surface area contributed by atoms with E-state index in [-0.39, 0.29) is 17.7 Å². The number of halogens is 2. The molecule has 37 heavy (non-hydrogen) atoms. The number of nitrogens with zero attached hydrogens (tertiary/aromatic N) is 3. The summed E-state index contributed by atoms with van der Waals surface area (Å²) in [5.74, 6) is -4.75. The zero-order valence-electron chi connectivity index (χ0n) is 21.0. The van der Waals surface area contributed by atoms with E-state index in [1.807, 2.05) is 37.4 Å². The fourth-order valence-corrected chi connectivity index (χ4v) is 4.73. The highest BCUT2D eigenvalue weighted by atomic mass is 19.3. The van der Waals surface area contributed by atoms with Crippen LogP contribution in [0.15, 0.2) is 66.0 Å². The first kappa shape index (κ1) is 24.7. The molecule has 3 aromatic rings. The number of nitrogens with one attached hydrogen (secondary N) is 1. The first-order valence-electron chi connectivity index (χ1n) is 12.4. The predicted molar refractivity (Wildman–Crippen MR) is 140 cm³/mol. The normalized spacial score (nSPS) is 17.6. The third-order valence-corrected chi connectivity index (χ3v) is 7.00. The van der Waals surface area contributed by atoms with Crippen molar-refractivity contribution < 1.29 is 18.4 Å². The molecule has 5 rings (SSSR count). The van der Waals surface area contributed by atoms with E-state index in [0.29, 0.717) is 17.3 Å². The highest BCUT2D eigenvalue weighted by Crippen LogP contribution is 2.46. The van der Waals surface area contributed by atoms with Crippen molar-refractivity contribution in [2.45, 2.75) is 51.9 Å². The Morgan fingerprint density at radius 1 is 1.11 bits per heavy atom. The summed E-state index contributed by atoms with van der Waals surface area (Å²) in [4.78, 5) is 30.7. The average Bonchev–Trinajstić information content (AvgIpc) is 3.68. The van der Waals surface area contributed by atoms with Gasteiger partial charge in [-0.25, -0.2) is 8.78 Å². The van der Waals surface area contributed by atoms with Crippen molar-refractivity contribution in [2.24, 2.45) is 11.0 Å². The number of carbonyl (C=O) groups is 2. The van der Waals surface area contributed by atoms with Crippen molar-refractivity contribution in [2.75, 3.05) is 10.3 Å². The monoisotopic (exact) mass is 502 g/mol. The molecule has 0 spiro atoms. The standard InChI is InChI=1S/C29H28F2N4O2/c1-4-29(30,31)20-6-5-7-21(14-20)33-27(36)26-18(3)34-35(28(26)37)22-10-11-24(19-8-9-19)25(15-22)23-12-13-32-16-17(23)2/h5-7,10-16,19,26H,4,8-9H2,1-3H3,(H,33,36). The van der Waals surface area contributed by atoms with Crippen LogP contribution in [0.4, 0.5) is 20.2 Å². The summed E-state index contributed by atoms with van der Waals surface area (Å²) in [5, 5.41) is 8.29. The van der Waals surface area contributed by atoms with Crippen LogP contribution in [0, 0.1) is 12.8 Å². The maximum absolute atomic E-state index is 14.1. The summed E-state index contributed by atoms with van der Waals surface area (Å²) >= 11 is 0. The van der Waals surface area contributed by atoms with Crippen molar-refractivity contribution >= 4 is 28.9 Å². The third-order valence-electron chi connectivity index (χ3n) is 7.00. The molecule has 6 nitrogen and oxygen atoms in total. The number of aromatic nitrogens is 1. The largest absolute Gasteiger partial charge is 0.325 e. The molecule has 1 aliphatic heterocycles. The Labute approximate surface area is 214 Å². The van der Waals surface area contributed by atoms with E-state index in [1.54, 1.807) is 13.1 Å². The van der Waals surface area contributed by atoms with Crippen LogP contribution in [0.1, 0.15) is 55.7 Å². The van der Waals surface area contributed by atoms with E-state index in [0.717, 1.165) is 29.5 Å². The van der Waals surface area contributed by atoms with Crippen LogP contribution in [-0.4, -0.2) is 22.5 Å². The maximum atomic E-state index is 14.1. The van der Waals surface area contributed by atoms with Gasteiger partial charge < -0.3 is 5.32 Å². The molecule has 1 unspecified atom stereocenters. The van der Waals surface area contributed by atoms with Crippen molar-refractivity contribution in [3.8, 4) is 11.1 Å². The summed E-state index contributed by atoms with van der Waals surface area (Å²) in [7, 11) is 0. The summed E-state index contributed by atoms with van der Waals surface area (Å²) in [6, 6.07) is 13.4. The van der Waals surface area contributed by atoms with Gasteiger partial charge in [-0.05, 0) is 85.2 Å². The number of amides is 2. The van der Waals surface area contributed by atoms with Crippen molar-refractivity contribution in [3.63, 3.8) is 0 Å². The minimum atomic E-state index is -3.00. The number of hydrogen-bond donors (Lipinski definition) is 1. The van der Waals surface area contributed by atoms with Gasteiger partial charge in [-0.3, -0.25) is 14.6 Å². The molecular weight excluding hydrogens is 474 g/mol. The van der Waals surface area contributed by atoms with Crippen LogP contribution in [-0.2, 0) is 15.5 Å². The number of carbonyl (C=O) groups excluding carboxylic acids is 2. The van der Waals surface area contributed by atoms with Crippen LogP contribution in [0.2, 0.25) is 0 Å². The molecule has 0 radical (unpaired) electrons. The molecule has 190 valence electrons. The van der Waals surface area contributed by atoms with Gasteiger partial charge >= 0.3 is 0 Å². The van der Waals surface area contributed by atoms with Gasteiger partial charge in [-0.2, -0.15) is 10.1 Å². The van der Waals surface area contributed by atoms with E-state index in [1.165, 1.54) is 41.8 Å². The molecular formula is C29H28F2N4O2. The zero-order chi connectivity index (χ0) is 26.3. The lowest BCUT2D eigenvalue weighted by Gasteiger charge is -2.19. The molecule has 1 fully saturated rings. The third kappa shape index (κ3) is 4.75. The highest BCUT2D eigenvalue weighted by molar-refractivity contribution is 6.28. The van der Waals surface area contributed by atoms with Crippen LogP contribution >= 0.6 is 0 Å². The van der Waals surface area contributed by atoms with Gasteiger partial charge in [0.1, 0.15) is 0 Å². The number of benzene rings is 2. The van der Waals surface area contributed by atoms with E-state index in [9.17, 15) is 18.4 Å². The summed E-state index contributed by atoms with van der Waals surface area (Å²) in [5.41, 5.74) is 5.26. The molecule has 1 N–H and O–H groups in total. The number of hydrazone groups is 1. The molecule has 2 aliphatic rings. The molecule has 1 atom stereocenters. The summed E-state index contributed by atoms with van der Waals surface area (Å²) < 4.78 is 28.3. The van der Waals surface area contributed by atoms with E-state index < -0.39 is 23.7 Å². The highest BCUT2D eigenvalue weighted by Gasteiger charge is 2.40. The molecule has 0 saturated heterocycles. The van der Waals surface area contributed by atoms with E-state index in [2.05, 4.69) is 15.4 Å². The zero-order valence-corrected chi connectivity index (χ0v) is 21.0. The summed E-state index contributed by atoms with van der Waals surface area (Å²) in [6.07, 6.45) is 5.47. The molecule has 2 amide bonds. The van der Waals surface area contributed by atoms with Crippen molar-refractivity contribution in [1.29, 1.82) is 0 Å². The van der Waals surface area contributed by atoms with Gasteiger partial charge in [-0.15, -0.1) is 0 Å². The summed E-state index contributed by atoms with van der Waals surface area (Å²) in [6.45, 7) is 5.02. The van der Waals surface area contributed by atoms with Crippen molar-refractivity contribution in [3.05, 3.63) is 77.6 Å². The SMILES string of the molecule is CCC(F)(F)c1cccc(NC(=O)C2C(=O)N(c3ccc(C4CC4)c(-c4ccncc4C)c3)N=C2C)c1. The van der Waals surface area contributed by atoms with Crippen LogP contribution in [0.25, 0.3) is 11.1 Å². The predicted octanol–water partition coefficient (Wildman–Crippen LogP) is 6.41. The molecule has 8 heteroatoms. The molecule has 1 saturated carbocycles. The Balaban J connectivity index is 1.41. The molecule has 0 bridgehead atoms. The Kier molecular flexibility index (Phi) is 6.35. The minimum absolute atomic E-state index is 0.188. The Bertz CT molecular complexity index is 1410. The van der Waals surface area contributed by atoms with Gasteiger partial charge in [0.2, 0.25) is 5.91 Å². The van der Waals surface area contributed by atoms with E-state index >= 15 is 0 Å². The second-order valence-corrected chi connectivity index (χ2v) is 9.69. The first-order chi connectivity index (χ1) is 17.7. The smallest absolute Gasteiger partial charge is 0.273 e. The Morgan fingerprint density at radius 2 is 1.89 bits per heavy atom. The molecule has 2 aromatic carbocycles. The quantitative estimate of drug-likeness (QED) is 0.379. The van der Waals surface area contributed by atoms with E-state index in [4.69, 9.17) is 0 Å². The first-order valence-corrected chi connectivity index (χ1v) is 12.4. The lowest BCUT2D eigenvalue weighted by atomic mass is 9.94. The lowest BCUT2D eigenvalue weighted by molar-refractivity contribution is -0.127. The van der Waals surface area contributed by atoms with Gasteiger partial charge in [0.05, 0.1) is 11.4 Å². The Morgan fingerprint density at radius 3 is 2.59 bits per heavy atom. The fourth-order valence-electron chi connectivity index (χ4n) is 4.73. The number of pyridine rings is 1. The number of alkyl halides is 2. The van der Waals surface area contributed by atoms with Crippen molar-refractivity contribution in [1.82, 2.24) is 4.98 Å². The number of rotatable bonds is 7. The van der Waals surface area contributed by atoms with Gasteiger partial charge in [0, 0.05) is 30.1 Å². The lowest BCUT2D eigenvalue weighted by Crippen LogP contribution is -2.36. The topological polar surface area (TPSA) is 74.7 Å². The van der Waals surface area contributed by atoms with Crippen LogP contribution in [0.3, 0.4) is 0 Å². The van der Waals surface area contributed by atoms with Crippen LogP contribution < -0.4 is 10.3 Å². The second kappa shape index (κ2) is 9.50. The number of aryl methyl sites for hydroxylation is 1. The molecule has 1 aromatic heterocycles. The van der Waals surface area contributed by atoms with Gasteiger partial charge in [0.25, 0.3) is 11.8 Å². The molecule has 2 heterocycles. The second-order valence-electron chi connectivity index (χ2n) is 9.69. The molecule has 1 aliphatic carbocycles. The maximum Gasteiger partial charge on any atom is 0.273 e. The number of hydrogen-bond acceptors (Lipinski definition) is 4. The average molecular weight is 503 g/mol. The van der Waals surface area contributed by atoms with Gasteiger partial charge in [-0.1, -0.05) is 25.1 Å². The van der Waals surface area contributed by atoms with Gasteiger partial charge in [0.15, 0.2) is 5.92 Å². The number of anilines is 2. The fraction of sp³-hybridized carbons (Fsp3) is 0.310. The van der Waals surface area contributed by atoms with Crippen LogP contribution in [0.5, 0.6) is 0 Å². The Hall–Kier alpha value is -3.94.